The van der Waals surface area contributed by atoms with E-state index in [1.807, 2.05) is 0 Å². The lowest BCUT2D eigenvalue weighted by Crippen LogP contribution is -2.37. The molecule has 0 aromatic heterocycles. The molecular formula is C13H13BrFNO3. The zero-order valence-electron chi connectivity index (χ0n) is 10.1. The molecule has 0 atom stereocenters. The van der Waals surface area contributed by atoms with Crippen LogP contribution < -0.4 is 0 Å². The largest absolute Gasteiger partial charge is 0.480 e. The van der Waals surface area contributed by atoms with Crippen LogP contribution in [0.2, 0.25) is 0 Å². The second-order valence-electron chi connectivity index (χ2n) is 4.62. The van der Waals surface area contributed by atoms with E-state index in [0.29, 0.717) is 12.5 Å². The second kappa shape index (κ2) is 5.69. The number of rotatable bonds is 5. The second-order valence-corrected chi connectivity index (χ2v) is 5.48. The number of carboxylic acid groups (broad SMARTS) is 1. The van der Waals surface area contributed by atoms with Crippen LogP contribution in [0.3, 0.4) is 0 Å². The van der Waals surface area contributed by atoms with Gasteiger partial charge in [-0.1, -0.05) is 6.07 Å². The molecule has 0 aliphatic heterocycles. The Morgan fingerprint density at radius 2 is 2.11 bits per heavy atom. The summed E-state index contributed by atoms with van der Waals surface area (Å²) in [4.78, 5) is 24.2. The van der Waals surface area contributed by atoms with Crippen LogP contribution in [-0.2, 0) is 4.79 Å². The van der Waals surface area contributed by atoms with Crippen molar-refractivity contribution in [1.29, 1.82) is 0 Å². The normalized spacial score (nSPS) is 14.2. The maximum absolute atomic E-state index is 13.9. The summed E-state index contributed by atoms with van der Waals surface area (Å²) in [6, 6.07) is 4.41. The summed E-state index contributed by atoms with van der Waals surface area (Å²) in [6.45, 7) is -0.0294. The maximum Gasteiger partial charge on any atom is 0.323 e. The van der Waals surface area contributed by atoms with Gasteiger partial charge in [-0.3, -0.25) is 9.59 Å². The molecule has 1 aliphatic rings. The zero-order valence-corrected chi connectivity index (χ0v) is 11.7. The Bertz CT molecular complexity index is 517. The van der Waals surface area contributed by atoms with Crippen molar-refractivity contribution in [2.75, 3.05) is 13.1 Å². The number of aliphatic carboxylic acids is 1. The SMILES string of the molecule is O=C(O)CN(CC1CC1)C(=O)c1cccc(Br)c1F. The lowest BCUT2D eigenvalue weighted by molar-refractivity contribution is -0.137. The number of halogens is 2. The van der Waals surface area contributed by atoms with Crippen LogP contribution in [0.4, 0.5) is 4.39 Å². The van der Waals surface area contributed by atoms with E-state index in [-0.39, 0.29) is 10.0 Å². The first-order valence-electron chi connectivity index (χ1n) is 5.94. The first-order valence-corrected chi connectivity index (χ1v) is 6.73. The van der Waals surface area contributed by atoms with Crippen molar-refractivity contribution in [3.05, 3.63) is 34.1 Å². The molecular weight excluding hydrogens is 317 g/mol. The summed E-state index contributed by atoms with van der Waals surface area (Å²) in [6.07, 6.45) is 1.98. The number of hydrogen-bond acceptors (Lipinski definition) is 2. The lowest BCUT2D eigenvalue weighted by atomic mass is 10.1. The van der Waals surface area contributed by atoms with Crippen LogP contribution in [0.5, 0.6) is 0 Å². The third kappa shape index (κ3) is 3.53. The molecule has 1 aromatic carbocycles. The monoisotopic (exact) mass is 329 g/mol. The molecule has 0 spiro atoms. The highest BCUT2D eigenvalue weighted by molar-refractivity contribution is 9.10. The standard InChI is InChI=1S/C13H13BrFNO3/c14-10-3-1-2-9(12(10)15)13(19)16(7-11(17)18)6-8-4-5-8/h1-3,8H,4-7H2,(H,17,18). The average molecular weight is 330 g/mol. The van der Waals surface area contributed by atoms with Gasteiger partial charge in [0, 0.05) is 6.54 Å². The summed E-state index contributed by atoms with van der Waals surface area (Å²) >= 11 is 3.02. The number of carboxylic acids is 1. The number of nitrogens with zero attached hydrogens (tertiary/aromatic N) is 1. The molecule has 0 saturated heterocycles. The van der Waals surface area contributed by atoms with Crippen molar-refractivity contribution in [1.82, 2.24) is 4.90 Å². The quantitative estimate of drug-likeness (QED) is 0.903. The Kier molecular flexibility index (Phi) is 4.19. The van der Waals surface area contributed by atoms with Crippen molar-refractivity contribution in [3.8, 4) is 0 Å². The van der Waals surface area contributed by atoms with E-state index in [0.717, 1.165) is 12.8 Å². The van der Waals surface area contributed by atoms with Gasteiger partial charge in [0.2, 0.25) is 0 Å². The molecule has 0 unspecified atom stereocenters. The third-order valence-electron chi connectivity index (χ3n) is 2.97. The van der Waals surface area contributed by atoms with Gasteiger partial charge in [0.15, 0.2) is 0 Å². The molecule has 1 saturated carbocycles. The van der Waals surface area contributed by atoms with E-state index in [4.69, 9.17) is 5.11 Å². The molecule has 1 aliphatic carbocycles. The molecule has 0 radical (unpaired) electrons. The minimum atomic E-state index is -1.09. The minimum Gasteiger partial charge on any atom is -0.480 e. The van der Waals surface area contributed by atoms with Crippen LogP contribution >= 0.6 is 15.9 Å². The summed E-state index contributed by atoms with van der Waals surface area (Å²) in [5.74, 6) is -1.98. The van der Waals surface area contributed by atoms with Crippen LogP contribution in [0.1, 0.15) is 23.2 Å². The van der Waals surface area contributed by atoms with Crippen LogP contribution in [0.25, 0.3) is 0 Å². The predicted octanol–water partition coefficient (Wildman–Crippen LogP) is 2.53. The first kappa shape index (κ1) is 14.0. The number of carbonyl (C=O) groups is 2. The van der Waals surface area contributed by atoms with E-state index in [9.17, 15) is 14.0 Å². The molecule has 102 valence electrons. The van der Waals surface area contributed by atoms with Gasteiger partial charge in [-0.05, 0) is 46.8 Å². The fourth-order valence-electron chi connectivity index (χ4n) is 1.83. The van der Waals surface area contributed by atoms with Crippen molar-refractivity contribution in [3.63, 3.8) is 0 Å². The Labute approximate surface area is 118 Å². The predicted molar refractivity (Wildman–Crippen MR) is 70.4 cm³/mol. The highest BCUT2D eigenvalue weighted by atomic mass is 79.9. The van der Waals surface area contributed by atoms with Gasteiger partial charge in [0.05, 0.1) is 10.0 Å². The summed E-state index contributed by atoms with van der Waals surface area (Å²) in [7, 11) is 0. The van der Waals surface area contributed by atoms with E-state index in [1.54, 1.807) is 6.07 Å². The minimum absolute atomic E-state index is 0.101. The van der Waals surface area contributed by atoms with Crippen LogP contribution in [0, 0.1) is 11.7 Å². The van der Waals surface area contributed by atoms with Gasteiger partial charge in [-0.2, -0.15) is 0 Å². The fraction of sp³-hybridized carbons (Fsp3) is 0.385. The molecule has 1 fully saturated rings. The summed E-state index contributed by atoms with van der Waals surface area (Å²) < 4.78 is 14.1. The molecule has 1 N–H and O–H groups in total. The molecule has 1 amide bonds. The molecule has 4 nitrogen and oxygen atoms in total. The molecule has 0 bridgehead atoms. The molecule has 6 heteroatoms. The van der Waals surface area contributed by atoms with Gasteiger partial charge in [0.1, 0.15) is 12.4 Å². The van der Waals surface area contributed by atoms with E-state index in [2.05, 4.69) is 15.9 Å². The number of hydrogen-bond donors (Lipinski definition) is 1. The van der Waals surface area contributed by atoms with Gasteiger partial charge in [0.25, 0.3) is 5.91 Å². The molecule has 1 aromatic rings. The van der Waals surface area contributed by atoms with Crippen molar-refractivity contribution in [2.45, 2.75) is 12.8 Å². The van der Waals surface area contributed by atoms with Gasteiger partial charge in [-0.15, -0.1) is 0 Å². The highest BCUT2D eigenvalue weighted by Crippen LogP contribution is 2.30. The third-order valence-corrected chi connectivity index (χ3v) is 3.58. The Hall–Kier alpha value is -1.43. The van der Waals surface area contributed by atoms with Crippen molar-refractivity contribution < 1.29 is 19.1 Å². The number of benzene rings is 1. The maximum atomic E-state index is 13.9. The van der Waals surface area contributed by atoms with Crippen LogP contribution in [-0.4, -0.2) is 35.0 Å². The number of amides is 1. The smallest absolute Gasteiger partial charge is 0.323 e. The topological polar surface area (TPSA) is 57.6 Å². The summed E-state index contributed by atoms with van der Waals surface area (Å²) in [5, 5.41) is 8.84. The van der Waals surface area contributed by atoms with E-state index in [1.165, 1.54) is 17.0 Å². The molecule has 2 rings (SSSR count). The highest BCUT2D eigenvalue weighted by Gasteiger charge is 2.29. The molecule has 0 heterocycles. The van der Waals surface area contributed by atoms with Crippen molar-refractivity contribution >= 4 is 27.8 Å². The van der Waals surface area contributed by atoms with Crippen molar-refractivity contribution in [2.24, 2.45) is 5.92 Å². The van der Waals surface area contributed by atoms with Gasteiger partial charge < -0.3 is 10.0 Å². The summed E-state index contributed by atoms with van der Waals surface area (Å²) in [5.41, 5.74) is -0.101. The molecule has 19 heavy (non-hydrogen) atoms. The van der Waals surface area contributed by atoms with Gasteiger partial charge in [-0.25, -0.2) is 4.39 Å². The van der Waals surface area contributed by atoms with E-state index >= 15 is 0 Å². The Balaban J connectivity index is 2.21. The van der Waals surface area contributed by atoms with Gasteiger partial charge >= 0.3 is 5.97 Å². The average Bonchev–Trinajstić information content (AvgIpc) is 3.14. The Morgan fingerprint density at radius 1 is 1.42 bits per heavy atom. The zero-order chi connectivity index (χ0) is 14.0. The lowest BCUT2D eigenvalue weighted by Gasteiger charge is -2.21. The first-order chi connectivity index (χ1) is 8.99. The van der Waals surface area contributed by atoms with E-state index < -0.39 is 24.2 Å². The Morgan fingerprint density at radius 3 is 2.68 bits per heavy atom. The van der Waals surface area contributed by atoms with Crippen LogP contribution in [0.15, 0.2) is 22.7 Å². The number of carbonyl (C=O) groups excluding carboxylic acids is 1. The fourth-order valence-corrected chi connectivity index (χ4v) is 2.20.